The first-order valence-electron chi connectivity index (χ1n) is 11.0. The van der Waals surface area contributed by atoms with E-state index in [1.807, 2.05) is 24.4 Å². The van der Waals surface area contributed by atoms with Crippen LogP contribution >= 0.6 is 24.0 Å². The maximum absolute atomic E-state index is 4.37. The van der Waals surface area contributed by atoms with Gasteiger partial charge in [0.1, 0.15) is 0 Å². The third kappa shape index (κ3) is 7.03. The predicted octanol–water partition coefficient (Wildman–Crippen LogP) is 3.74. The van der Waals surface area contributed by atoms with E-state index in [-0.39, 0.29) is 24.0 Å². The van der Waals surface area contributed by atoms with Gasteiger partial charge in [-0.25, -0.2) is 9.67 Å². The van der Waals surface area contributed by atoms with E-state index >= 15 is 0 Å². The van der Waals surface area contributed by atoms with E-state index in [0.29, 0.717) is 6.54 Å². The smallest absolute Gasteiger partial charge is 0.191 e. The monoisotopic (exact) mass is 545 g/mol. The zero-order valence-electron chi connectivity index (χ0n) is 18.6. The molecule has 170 valence electrons. The van der Waals surface area contributed by atoms with Gasteiger partial charge < -0.3 is 10.6 Å². The number of rotatable bonds is 7. The summed E-state index contributed by atoms with van der Waals surface area (Å²) in [5.74, 6) is 1.58. The highest BCUT2D eigenvalue weighted by molar-refractivity contribution is 14.0. The summed E-state index contributed by atoms with van der Waals surface area (Å²) in [6.45, 7) is 4.91. The first-order valence-corrected chi connectivity index (χ1v) is 11.0. The summed E-state index contributed by atoms with van der Waals surface area (Å²) in [6, 6.07) is 14.8. The van der Waals surface area contributed by atoms with E-state index in [4.69, 9.17) is 0 Å². The molecule has 1 aromatic carbocycles. The number of nitrogens with zero attached hydrogens (tertiary/aromatic N) is 5. The lowest BCUT2D eigenvalue weighted by atomic mass is 10.1. The van der Waals surface area contributed by atoms with E-state index in [1.54, 1.807) is 24.1 Å². The van der Waals surface area contributed by atoms with Gasteiger partial charge in [0.15, 0.2) is 11.8 Å². The fraction of sp³-hybridized carbons (Fsp3) is 0.375. The zero-order valence-corrected chi connectivity index (χ0v) is 20.9. The Hall–Kier alpha value is -2.46. The van der Waals surface area contributed by atoms with Crippen LogP contribution in [0.5, 0.6) is 0 Å². The van der Waals surface area contributed by atoms with Crippen LogP contribution in [0, 0.1) is 0 Å². The summed E-state index contributed by atoms with van der Waals surface area (Å²) in [5.41, 5.74) is 3.75. The van der Waals surface area contributed by atoms with Crippen molar-refractivity contribution in [2.75, 3.05) is 20.1 Å². The third-order valence-electron chi connectivity index (χ3n) is 5.57. The molecule has 0 unspecified atom stereocenters. The van der Waals surface area contributed by atoms with Crippen molar-refractivity contribution in [3.8, 4) is 5.82 Å². The van der Waals surface area contributed by atoms with E-state index in [0.717, 1.165) is 30.4 Å². The second-order valence-electron chi connectivity index (χ2n) is 7.91. The highest BCUT2D eigenvalue weighted by Gasteiger charge is 2.10. The molecule has 0 atom stereocenters. The molecule has 0 radical (unpaired) electrons. The van der Waals surface area contributed by atoms with Crippen molar-refractivity contribution in [1.29, 1.82) is 0 Å². The Bertz CT molecular complexity index is 964. The van der Waals surface area contributed by atoms with Gasteiger partial charge in [-0.1, -0.05) is 30.7 Å². The lowest BCUT2D eigenvalue weighted by Crippen LogP contribution is -2.36. The van der Waals surface area contributed by atoms with Crippen LogP contribution in [0.3, 0.4) is 0 Å². The molecule has 1 aliphatic heterocycles. The molecule has 0 aliphatic carbocycles. The van der Waals surface area contributed by atoms with Gasteiger partial charge in [-0.15, -0.1) is 24.0 Å². The Morgan fingerprint density at radius 3 is 2.34 bits per heavy atom. The van der Waals surface area contributed by atoms with E-state index in [1.165, 1.54) is 43.5 Å². The molecule has 32 heavy (non-hydrogen) atoms. The van der Waals surface area contributed by atoms with E-state index < -0.39 is 0 Å². The highest BCUT2D eigenvalue weighted by Crippen LogP contribution is 2.13. The number of guanidine groups is 1. The summed E-state index contributed by atoms with van der Waals surface area (Å²) >= 11 is 0. The number of pyridine rings is 1. The minimum Gasteiger partial charge on any atom is -0.352 e. The Labute approximate surface area is 207 Å². The number of aliphatic imine (C=N–C) groups is 1. The van der Waals surface area contributed by atoms with Crippen molar-refractivity contribution in [2.45, 2.75) is 38.9 Å². The van der Waals surface area contributed by atoms with Crippen molar-refractivity contribution < 1.29 is 0 Å². The molecule has 1 aliphatic rings. The molecule has 8 heteroatoms. The number of likely N-dealkylation sites (tertiary alicyclic amines) is 1. The molecule has 2 N–H and O–H groups in total. The standard InChI is InChI=1S/C24H31N7.HI/c1-25-24(28-18-22-10-12-26-23(16-22)31-15-5-11-29-31)27-17-20-6-8-21(9-7-20)19-30-13-3-2-4-14-30;/h5-12,15-16H,2-4,13-14,17-19H2,1H3,(H2,25,27,28);1H. The van der Waals surface area contributed by atoms with Crippen LogP contribution in [-0.4, -0.2) is 45.8 Å². The van der Waals surface area contributed by atoms with Crippen LogP contribution in [0.2, 0.25) is 0 Å². The SMILES string of the molecule is CN=C(NCc1ccc(CN2CCCCC2)cc1)NCc1ccnc(-n2cccn2)c1.I. The van der Waals surface area contributed by atoms with Gasteiger partial charge in [0.2, 0.25) is 0 Å². The molecule has 7 nitrogen and oxygen atoms in total. The third-order valence-corrected chi connectivity index (χ3v) is 5.57. The quantitative estimate of drug-likeness (QED) is 0.269. The summed E-state index contributed by atoms with van der Waals surface area (Å²) in [7, 11) is 1.79. The molecular formula is C24H32IN7. The molecule has 4 rings (SSSR count). The Morgan fingerprint density at radius 2 is 1.66 bits per heavy atom. The van der Waals surface area contributed by atoms with E-state index in [9.17, 15) is 0 Å². The second-order valence-corrected chi connectivity index (χ2v) is 7.91. The number of piperidine rings is 1. The minimum absolute atomic E-state index is 0. The normalized spacial score (nSPS) is 14.6. The highest BCUT2D eigenvalue weighted by atomic mass is 127. The van der Waals surface area contributed by atoms with Crippen LogP contribution in [0.1, 0.15) is 36.0 Å². The molecule has 0 amide bonds. The molecular weight excluding hydrogens is 513 g/mol. The molecule has 3 heterocycles. The molecule has 3 aromatic rings. The average molecular weight is 545 g/mol. The topological polar surface area (TPSA) is 70.4 Å². The van der Waals surface area contributed by atoms with Crippen molar-refractivity contribution in [3.05, 3.63) is 77.7 Å². The van der Waals surface area contributed by atoms with Gasteiger partial charge in [0, 0.05) is 45.3 Å². The molecule has 0 saturated carbocycles. The van der Waals surface area contributed by atoms with Gasteiger partial charge in [-0.2, -0.15) is 5.10 Å². The lowest BCUT2D eigenvalue weighted by Gasteiger charge is -2.26. The number of benzene rings is 1. The number of aromatic nitrogens is 3. The summed E-state index contributed by atoms with van der Waals surface area (Å²) < 4.78 is 1.76. The van der Waals surface area contributed by atoms with E-state index in [2.05, 4.69) is 54.9 Å². The van der Waals surface area contributed by atoms with Crippen LogP contribution in [-0.2, 0) is 19.6 Å². The average Bonchev–Trinajstić information content (AvgIpc) is 3.36. The second kappa shape index (κ2) is 12.5. The summed E-state index contributed by atoms with van der Waals surface area (Å²) in [4.78, 5) is 11.3. The van der Waals surface area contributed by atoms with Crippen LogP contribution in [0.15, 0.2) is 66.0 Å². The lowest BCUT2D eigenvalue weighted by molar-refractivity contribution is 0.221. The molecule has 1 fully saturated rings. The first kappa shape index (κ1) is 24.2. The Balaban J connectivity index is 0.00000289. The van der Waals surface area contributed by atoms with Gasteiger partial charge in [-0.05, 0) is 60.8 Å². The number of hydrogen-bond acceptors (Lipinski definition) is 4. The van der Waals surface area contributed by atoms with Gasteiger partial charge in [0.05, 0.1) is 0 Å². The largest absolute Gasteiger partial charge is 0.352 e. The predicted molar refractivity (Wildman–Crippen MR) is 139 cm³/mol. The molecule has 1 saturated heterocycles. The first-order chi connectivity index (χ1) is 15.3. The number of hydrogen-bond donors (Lipinski definition) is 2. The number of nitrogens with one attached hydrogen (secondary N) is 2. The van der Waals surface area contributed by atoms with Crippen molar-refractivity contribution >= 4 is 29.9 Å². The van der Waals surface area contributed by atoms with Gasteiger partial charge >= 0.3 is 0 Å². The van der Waals surface area contributed by atoms with Crippen LogP contribution in [0.4, 0.5) is 0 Å². The Morgan fingerprint density at radius 1 is 0.938 bits per heavy atom. The van der Waals surface area contributed by atoms with Crippen LogP contribution in [0.25, 0.3) is 5.82 Å². The molecule has 2 aromatic heterocycles. The molecule has 0 bridgehead atoms. The molecule has 0 spiro atoms. The van der Waals surface area contributed by atoms with Crippen molar-refractivity contribution in [1.82, 2.24) is 30.3 Å². The van der Waals surface area contributed by atoms with Crippen LogP contribution < -0.4 is 10.6 Å². The minimum atomic E-state index is 0. The summed E-state index contributed by atoms with van der Waals surface area (Å²) in [6.07, 6.45) is 9.48. The number of halogens is 1. The fourth-order valence-electron chi connectivity index (χ4n) is 3.83. The van der Waals surface area contributed by atoms with Crippen molar-refractivity contribution in [3.63, 3.8) is 0 Å². The maximum Gasteiger partial charge on any atom is 0.191 e. The summed E-state index contributed by atoms with van der Waals surface area (Å²) in [5, 5.41) is 11.0. The Kier molecular flexibility index (Phi) is 9.48. The fourth-order valence-corrected chi connectivity index (χ4v) is 3.83. The maximum atomic E-state index is 4.37. The zero-order chi connectivity index (χ0) is 21.3. The van der Waals surface area contributed by atoms with Gasteiger partial charge in [0.25, 0.3) is 0 Å². The van der Waals surface area contributed by atoms with Crippen molar-refractivity contribution in [2.24, 2.45) is 4.99 Å². The van der Waals surface area contributed by atoms with Gasteiger partial charge in [-0.3, -0.25) is 9.89 Å².